The van der Waals surface area contributed by atoms with Gasteiger partial charge < -0.3 is 20.1 Å². The van der Waals surface area contributed by atoms with Crippen LogP contribution in [0.15, 0.2) is 53.5 Å². The van der Waals surface area contributed by atoms with Crippen LogP contribution in [0.3, 0.4) is 0 Å². The number of rotatable bonds is 5. The van der Waals surface area contributed by atoms with E-state index >= 15 is 0 Å². The molecule has 2 N–H and O–H groups in total. The second kappa shape index (κ2) is 8.59. The van der Waals surface area contributed by atoms with Crippen molar-refractivity contribution in [3.05, 3.63) is 48.5 Å². The van der Waals surface area contributed by atoms with Crippen LogP contribution in [0.5, 0.6) is 11.5 Å². The zero-order valence-corrected chi connectivity index (χ0v) is 15.7. The van der Waals surface area contributed by atoms with E-state index in [1.54, 1.807) is 62.8 Å². The number of amides is 2. The van der Waals surface area contributed by atoms with Gasteiger partial charge in [-0.1, -0.05) is 11.8 Å². The molecule has 1 atom stereocenters. The number of anilines is 1. The predicted molar refractivity (Wildman–Crippen MR) is 106 cm³/mol. The normalized spacial score (nSPS) is 17.9. The fourth-order valence-electron chi connectivity index (χ4n) is 2.42. The molecule has 0 bridgehead atoms. The van der Waals surface area contributed by atoms with E-state index in [1.807, 2.05) is 0 Å². The van der Waals surface area contributed by atoms with E-state index in [-0.39, 0.29) is 18.2 Å². The number of nitrogens with zero attached hydrogens (tertiary/aromatic N) is 1. The number of carbonyl (C=O) groups excluding carboxylic acids is 2. The summed E-state index contributed by atoms with van der Waals surface area (Å²) in [6.07, 6.45) is 0.0916. The first-order valence-electron chi connectivity index (χ1n) is 8.21. The van der Waals surface area contributed by atoms with Crippen LogP contribution in [0, 0.1) is 0 Å². The molecule has 3 rings (SSSR count). The summed E-state index contributed by atoms with van der Waals surface area (Å²) in [5.74, 6) is 0.933. The lowest BCUT2D eigenvalue weighted by Gasteiger charge is -2.22. The van der Waals surface area contributed by atoms with Gasteiger partial charge in [-0.25, -0.2) is 4.99 Å². The van der Waals surface area contributed by atoms with E-state index in [0.29, 0.717) is 22.3 Å². The minimum atomic E-state index is -0.558. The Bertz CT molecular complexity index is 850. The zero-order valence-electron chi connectivity index (χ0n) is 14.9. The van der Waals surface area contributed by atoms with Crippen LogP contribution >= 0.6 is 11.8 Å². The molecule has 1 fully saturated rings. The third-order valence-corrected chi connectivity index (χ3v) is 4.91. The first-order valence-corrected chi connectivity index (χ1v) is 9.09. The highest BCUT2D eigenvalue weighted by atomic mass is 32.2. The van der Waals surface area contributed by atoms with E-state index < -0.39 is 5.25 Å². The number of methoxy groups -OCH3 is 2. The minimum absolute atomic E-state index is 0.0916. The maximum absolute atomic E-state index is 12.5. The minimum Gasteiger partial charge on any atom is -0.497 e. The summed E-state index contributed by atoms with van der Waals surface area (Å²) in [6, 6.07) is 14.1. The summed E-state index contributed by atoms with van der Waals surface area (Å²) in [5.41, 5.74) is 1.30. The molecule has 1 saturated heterocycles. The molecule has 1 heterocycles. The van der Waals surface area contributed by atoms with Gasteiger partial charge >= 0.3 is 0 Å². The second-order valence-electron chi connectivity index (χ2n) is 5.69. The standard InChI is InChI=1S/C19H19N3O4S/c1-25-14-7-3-12(4-8-14)20-18(24)16-11-17(23)22-19(27-16)21-13-5-9-15(26-2)10-6-13/h3-10,16H,11H2,1-2H3,(H,20,24)(H,21,22,23)/t16-/m0/s1. The summed E-state index contributed by atoms with van der Waals surface area (Å²) >= 11 is 1.23. The largest absolute Gasteiger partial charge is 0.497 e. The Labute approximate surface area is 161 Å². The second-order valence-corrected chi connectivity index (χ2v) is 6.88. The molecule has 0 spiro atoms. The van der Waals surface area contributed by atoms with Crippen molar-refractivity contribution in [3.8, 4) is 11.5 Å². The number of ether oxygens (including phenoxy) is 2. The molecule has 0 aromatic heterocycles. The van der Waals surface area contributed by atoms with E-state index in [0.717, 1.165) is 5.75 Å². The Morgan fingerprint density at radius 3 is 2.26 bits per heavy atom. The number of hydrogen-bond donors (Lipinski definition) is 2. The average Bonchev–Trinajstić information content (AvgIpc) is 2.68. The fourth-order valence-corrected chi connectivity index (χ4v) is 3.42. The van der Waals surface area contributed by atoms with Crippen molar-refractivity contribution in [2.45, 2.75) is 11.7 Å². The van der Waals surface area contributed by atoms with Gasteiger partial charge in [0.1, 0.15) is 16.7 Å². The van der Waals surface area contributed by atoms with Gasteiger partial charge in [0, 0.05) is 12.1 Å². The van der Waals surface area contributed by atoms with Crippen LogP contribution < -0.4 is 20.1 Å². The Kier molecular flexibility index (Phi) is 5.97. The van der Waals surface area contributed by atoms with Crippen molar-refractivity contribution in [2.75, 3.05) is 19.5 Å². The van der Waals surface area contributed by atoms with Crippen molar-refractivity contribution < 1.29 is 19.1 Å². The summed E-state index contributed by atoms with van der Waals surface area (Å²) in [4.78, 5) is 28.9. The van der Waals surface area contributed by atoms with Crippen LogP contribution in [0.4, 0.5) is 11.4 Å². The smallest absolute Gasteiger partial charge is 0.238 e. The molecule has 0 radical (unpaired) electrons. The monoisotopic (exact) mass is 385 g/mol. The third kappa shape index (κ3) is 5.01. The SMILES string of the molecule is COc1ccc(N=C2NC(=O)C[C@@H](C(=O)Nc3ccc(OC)cc3)S2)cc1. The average molecular weight is 385 g/mol. The first-order chi connectivity index (χ1) is 13.1. The van der Waals surface area contributed by atoms with Crippen molar-refractivity contribution in [2.24, 2.45) is 4.99 Å². The number of carbonyl (C=O) groups is 2. The molecule has 1 aliphatic heterocycles. The Hall–Kier alpha value is -3.00. The van der Waals surface area contributed by atoms with Crippen LogP contribution in [0.25, 0.3) is 0 Å². The lowest BCUT2D eigenvalue weighted by atomic mass is 10.2. The molecule has 0 unspecified atom stereocenters. The molecule has 2 aromatic rings. The highest BCUT2D eigenvalue weighted by Crippen LogP contribution is 2.26. The summed E-state index contributed by atoms with van der Waals surface area (Å²) in [7, 11) is 3.17. The molecular weight excluding hydrogens is 366 g/mol. The molecule has 2 aromatic carbocycles. The van der Waals surface area contributed by atoms with Gasteiger partial charge in [-0.2, -0.15) is 0 Å². The number of aliphatic imine (C=N–C) groups is 1. The topological polar surface area (TPSA) is 89.0 Å². The quantitative estimate of drug-likeness (QED) is 0.826. The van der Waals surface area contributed by atoms with Gasteiger partial charge in [-0.15, -0.1) is 0 Å². The van der Waals surface area contributed by atoms with Gasteiger partial charge in [-0.05, 0) is 48.5 Å². The summed E-state index contributed by atoms with van der Waals surface area (Å²) < 4.78 is 10.2. The molecular formula is C19H19N3O4S. The number of thioether (sulfide) groups is 1. The predicted octanol–water partition coefficient (Wildman–Crippen LogP) is 2.95. The maximum atomic E-state index is 12.5. The molecule has 27 heavy (non-hydrogen) atoms. The van der Waals surface area contributed by atoms with E-state index in [4.69, 9.17) is 9.47 Å². The molecule has 2 amide bonds. The molecule has 0 aliphatic carbocycles. The Balaban J connectivity index is 1.68. The van der Waals surface area contributed by atoms with Crippen LogP contribution in [0.2, 0.25) is 0 Å². The number of benzene rings is 2. The highest BCUT2D eigenvalue weighted by Gasteiger charge is 2.30. The van der Waals surface area contributed by atoms with E-state index in [9.17, 15) is 9.59 Å². The molecule has 140 valence electrons. The van der Waals surface area contributed by atoms with E-state index in [2.05, 4.69) is 15.6 Å². The number of hydrogen-bond acceptors (Lipinski definition) is 6. The number of amidine groups is 1. The lowest BCUT2D eigenvalue weighted by Crippen LogP contribution is -2.41. The van der Waals surface area contributed by atoms with Crippen LogP contribution in [0.1, 0.15) is 6.42 Å². The van der Waals surface area contributed by atoms with Crippen molar-refractivity contribution >= 4 is 40.1 Å². The van der Waals surface area contributed by atoms with Crippen LogP contribution in [-0.4, -0.2) is 36.5 Å². The van der Waals surface area contributed by atoms with Crippen LogP contribution in [-0.2, 0) is 9.59 Å². The van der Waals surface area contributed by atoms with Gasteiger partial charge in [0.25, 0.3) is 0 Å². The highest BCUT2D eigenvalue weighted by molar-refractivity contribution is 8.15. The lowest BCUT2D eigenvalue weighted by molar-refractivity contribution is -0.123. The number of nitrogens with one attached hydrogen (secondary N) is 2. The molecule has 1 aliphatic rings. The Morgan fingerprint density at radius 1 is 1.07 bits per heavy atom. The van der Waals surface area contributed by atoms with Gasteiger partial charge in [0.15, 0.2) is 5.17 Å². The summed E-state index contributed by atoms with van der Waals surface area (Å²) in [6.45, 7) is 0. The first kappa shape index (κ1) is 18.8. The fraction of sp³-hybridized carbons (Fsp3) is 0.211. The van der Waals surface area contributed by atoms with Crippen molar-refractivity contribution in [3.63, 3.8) is 0 Å². The van der Waals surface area contributed by atoms with Gasteiger partial charge in [0.05, 0.1) is 19.9 Å². The molecule has 8 heteroatoms. The maximum Gasteiger partial charge on any atom is 0.238 e. The van der Waals surface area contributed by atoms with E-state index in [1.165, 1.54) is 11.8 Å². The third-order valence-electron chi connectivity index (χ3n) is 3.82. The molecule has 0 saturated carbocycles. The molecule has 7 nitrogen and oxygen atoms in total. The van der Waals surface area contributed by atoms with Crippen molar-refractivity contribution in [1.29, 1.82) is 0 Å². The summed E-state index contributed by atoms with van der Waals surface area (Å²) in [5, 5.41) is 5.36. The zero-order chi connectivity index (χ0) is 19.2. The van der Waals surface area contributed by atoms with Crippen molar-refractivity contribution in [1.82, 2.24) is 5.32 Å². The van der Waals surface area contributed by atoms with Gasteiger partial charge in [-0.3, -0.25) is 9.59 Å². The van der Waals surface area contributed by atoms with Gasteiger partial charge in [0.2, 0.25) is 11.8 Å². The Morgan fingerprint density at radius 2 is 1.67 bits per heavy atom.